The molecule has 0 spiro atoms. The van der Waals surface area contributed by atoms with E-state index in [0.717, 1.165) is 40.0 Å². The van der Waals surface area contributed by atoms with Gasteiger partial charge in [-0.2, -0.15) is 4.98 Å². The molecule has 1 N–H and O–H groups in total. The number of nitrogens with zero attached hydrogens (tertiary/aromatic N) is 3. The molecule has 2 aromatic heterocycles. The topological polar surface area (TPSA) is 71.3 Å². The summed E-state index contributed by atoms with van der Waals surface area (Å²) in [6.45, 7) is 3.47. The summed E-state index contributed by atoms with van der Waals surface area (Å²) in [6.07, 6.45) is 1.19. The molecule has 2 fully saturated rings. The van der Waals surface area contributed by atoms with Crippen molar-refractivity contribution in [3.63, 3.8) is 0 Å². The average Bonchev–Trinajstić information content (AvgIpc) is 3.17. The van der Waals surface area contributed by atoms with Gasteiger partial charge >= 0.3 is 0 Å². The van der Waals surface area contributed by atoms with E-state index < -0.39 is 0 Å². The number of rotatable bonds is 5. The lowest BCUT2D eigenvalue weighted by Crippen LogP contribution is -2.42. The highest BCUT2D eigenvalue weighted by atomic mass is 32.1. The summed E-state index contributed by atoms with van der Waals surface area (Å²) in [7, 11) is 0. The van der Waals surface area contributed by atoms with Crippen LogP contribution in [0.4, 0.5) is 6.01 Å². The summed E-state index contributed by atoms with van der Waals surface area (Å²) in [5.74, 6) is 1.24. The third kappa shape index (κ3) is 3.29. The van der Waals surface area contributed by atoms with Gasteiger partial charge in [-0.3, -0.25) is 4.79 Å². The standard InChI is InChI=1S/C24H22N4O2S/c1-14-6-7-16(20-12-31-13-26-20)18(8-14)23(29)28-11-15-9-17(15)21(28)10-25-24-27-19-4-2-3-5-22(19)30-24/h2-8,12-13,15,17,21H,9-11H2,1H3,(H,25,27). The molecule has 1 saturated heterocycles. The molecule has 0 bridgehead atoms. The second kappa shape index (κ2) is 7.20. The number of para-hydroxylation sites is 2. The fraction of sp³-hybridized carbons (Fsp3) is 0.292. The van der Waals surface area contributed by atoms with Crippen LogP contribution in [0.15, 0.2) is 57.8 Å². The third-order valence-electron chi connectivity index (χ3n) is 6.43. The molecule has 6 nitrogen and oxygen atoms in total. The molecule has 31 heavy (non-hydrogen) atoms. The highest BCUT2D eigenvalue weighted by Crippen LogP contribution is 2.50. The largest absolute Gasteiger partial charge is 0.424 e. The van der Waals surface area contributed by atoms with E-state index in [2.05, 4.69) is 15.3 Å². The lowest BCUT2D eigenvalue weighted by molar-refractivity contribution is 0.0715. The van der Waals surface area contributed by atoms with Gasteiger partial charge in [0.15, 0.2) is 5.58 Å². The van der Waals surface area contributed by atoms with Crippen molar-refractivity contribution in [2.24, 2.45) is 11.8 Å². The van der Waals surface area contributed by atoms with Gasteiger partial charge in [-0.1, -0.05) is 29.8 Å². The van der Waals surface area contributed by atoms with Gasteiger partial charge in [0.25, 0.3) is 11.9 Å². The van der Waals surface area contributed by atoms with E-state index in [-0.39, 0.29) is 11.9 Å². The summed E-state index contributed by atoms with van der Waals surface area (Å²) < 4.78 is 5.81. The predicted octanol–water partition coefficient (Wildman–Crippen LogP) is 4.83. The zero-order valence-corrected chi connectivity index (χ0v) is 17.9. The monoisotopic (exact) mass is 430 g/mol. The first-order chi connectivity index (χ1) is 15.2. The molecular formula is C24H22N4O2S. The first-order valence-electron chi connectivity index (χ1n) is 10.6. The second-order valence-corrected chi connectivity index (χ2v) is 9.19. The maximum Gasteiger partial charge on any atom is 0.295 e. The van der Waals surface area contributed by atoms with Crippen LogP contribution in [0.3, 0.4) is 0 Å². The summed E-state index contributed by atoms with van der Waals surface area (Å²) >= 11 is 1.54. The minimum absolute atomic E-state index is 0.0864. The number of fused-ring (bicyclic) bond motifs is 2. The van der Waals surface area contributed by atoms with Crippen LogP contribution in [-0.4, -0.2) is 39.9 Å². The third-order valence-corrected chi connectivity index (χ3v) is 7.02. The number of piperidine rings is 1. The van der Waals surface area contributed by atoms with Crippen molar-refractivity contribution in [1.82, 2.24) is 14.9 Å². The van der Waals surface area contributed by atoms with Crippen LogP contribution in [0.1, 0.15) is 22.3 Å². The highest BCUT2D eigenvalue weighted by molar-refractivity contribution is 7.07. The number of amides is 1. The first kappa shape index (κ1) is 18.6. The summed E-state index contributed by atoms with van der Waals surface area (Å²) in [4.78, 5) is 24.7. The number of carbonyl (C=O) groups is 1. The fourth-order valence-electron chi connectivity index (χ4n) is 4.76. The maximum absolute atomic E-state index is 13.7. The van der Waals surface area contributed by atoms with Gasteiger partial charge in [-0.25, -0.2) is 4.98 Å². The minimum atomic E-state index is 0.0864. The van der Waals surface area contributed by atoms with Crippen molar-refractivity contribution in [3.8, 4) is 11.3 Å². The number of hydrogen-bond donors (Lipinski definition) is 1. The predicted molar refractivity (Wildman–Crippen MR) is 121 cm³/mol. The van der Waals surface area contributed by atoms with Crippen LogP contribution in [0.25, 0.3) is 22.4 Å². The Bertz CT molecular complexity index is 1230. The molecule has 1 saturated carbocycles. The van der Waals surface area contributed by atoms with Crippen molar-refractivity contribution in [2.45, 2.75) is 19.4 Å². The van der Waals surface area contributed by atoms with Gasteiger partial charge in [-0.15, -0.1) is 11.3 Å². The molecule has 7 heteroatoms. The van der Waals surface area contributed by atoms with Crippen molar-refractivity contribution in [2.75, 3.05) is 18.4 Å². The van der Waals surface area contributed by atoms with Crippen LogP contribution >= 0.6 is 11.3 Å². The van der Waals surface area contributed by atoms with E-state index in [0.29, 0.717) is 24.4 Å². The molecule has 3 heterocycles. The van der Waals surface area contributed by atoms with Gasteiger partial charge in [0.1, 0.15) is 5.52 Å². The van der Waals surface area contributed by atoms with Gasteiger partial charge in [-0.05, 0) is 43.4 Å². The number of thiazole rings is 1. The molecule has 3 unspecified atom stereocenters. The van der Waals surface area contributed by atoms with Gasteiger partial charge in [0.2, 0.25) is 0 Å². The fourth-order valence-corrected chi connectivity index (χ4v) is 5.32. The van der Waals surface area contributed by atoms with Gasteiger partial charge in [0, 0.05) is 29.6 Å². The quantitative estimate of drug-likeness (QED) is 0.491. The lowest BCUT2D eigenvalue weighted by Gasteiger charge is -2.28. The highest BCUT2D eigenvalue weighted by Gasteiger charge is 2.54. The van der Waals surface area contributed by atoms with E-state index >= 15 is 0 Å². The zero-order chi connectivity index (χ0) is 20.9. The lowest BCUT2D eigenvalue weighted by atomic mass is 10.0. The van der Waals surface area contributed by atoms with Crippen molar-refractivity contribution in [1.29, 1.82) is 0 Å². The second-order valence-electron chi connectivity index (χ2n) is 8.47. The van der Waals surface area contributed by atoms with Crippen LogP contribution in [0.5, 0.6) is 0 Å². The SMILES string of the molecule is Cc1ccc(-c2cscn2)c(C(=O)N2CC3CC3C2CNc2nc3ccccc3o2)c1. The Morgan fingerprint density at radius 1 is 1.29 bits per heavy atom. The molecule has 1 aliphatic carbocycles. The van der Waals surface area contributed by atoms with Crippen LogP contribution in [0, 0.1) is 18.8 Å². The van der Waals surface area contributed by atoms with E-state index in [1.54, 1.807) is 11.3 Å². The Kier molecular flexibility index (Phi) is 4.31. The van der Waals surface area contributed by atoms with Crippen molar-refractivity contribution >= 4 is 34.4 Å². The molecule has 2 aliphatic rings. The molecule has 6 rings (SSSR count). The van der Waals surface area contributed by atoms with E-state index in [1.165, 1.54) is 6.42 Å². The maximum atomic E-state index is 13.7. The minimum Gasteiger partial charge on any atom is -0.424 e. The number of aromatic nitrogens is 2. The Hall–Kier alpha value is -3.19. The number of anilines is 1. The molecule has 3 atom stereocenters. The normalized spacial score (nSPS) is 22.0. The number of aryl methyl sites for hydroxylation is 1. The number of carbonyl (C=O) groups excluding carboxylic acids is 1. The molecule has 1 amide bonds. The molecule has 1 aliphatic heterocycles. The summed E-state index contributed by atoms with van der Waals surface area (Å²) in [6, 6.07) is 14.4. The van der Waals surface area contributed by atoms with Crippen LogP contribution < -0.4 is 5.32 Å². The van der Waals surface area contributed by atoms with Crippen LogP contribution in [-0.2, 0) is 0 Å². The summed E-state index contributed by atoms with van der Waals surface area (Å²) in [5.41, 5.74) is 6.98. The van der Waals surface area contributed by atoms with Crippen LogP contribution in [0.2, 0.25) is 0 Å². The molecule has 0 radical (unpaired) electrons. The number of benzene rings is 2. The Labute approximate surface area is 183 Å². The van der Waals surface area contributed by atoms with E-state index in [9.17, 15) is 4.79 Å². The number of hydrogen-bond acceptors (Lipinski definition) is 6. The average molecular weight is 431 g/mol. The smallest absolute Gasteiger partial charge is 0.295 e. The Morgan fingerprint density at radius 2 is 2.19 bits per heavy atom. The van der Waals surface area contributed by atoms with Gasteiger partial charge < -0.3 is 14.6 Å². The number of likely N-dealkylation sites (tertiary alicyclic amines) is 1. The summed E-state index contributed by atoms with van der Waals surface area (Å²) in [5, 5.41) is 5.34. The van der Waals surface area contributed by atoms with Crippen molar-refractivity contribution < 1.29 is 9.21 Å². The van der Waals surface area contributed by atoms with E-state index in [1.807, 2.05) is 65.2 Å². The number of oxazole rings is 1. The van der Waals surface area contributed by atoms with Crippen molar-refractivity contribution in [3.05, 3.63) is 64.5 Å². The molecule has 156 valence electrons. The first-order valence-corrected chi connectivity index (χ1v) is 11.5. The molecule has 2 aromatic carbocycles. The number of nitrogens with one attached hydrogen (secondary N) is 1. The Morgan fingerprint density at radius 3 is 3.03 bits per heavy atom. The van der Waals surface area contributed by atoms with Gasteiger partial charge in [0.05, 0.1) is 17.2 Å². The Balaban J connectivity index is 1.26. The van der Waals surface area contributed by atoms with E-state index in [4.69, 9.17) is 4.42 Å². The zero-order valence-electron chi connectivity index (χ0n) is 17.1. The molecular weight excluding hydrogens is 408 g/mol. The molecule has 4 aromatic rings.